The summed E-state index contributed by atoms with van der Waals surface area (Å²) in [6.07, 6.45) is 1.32. The van der Waals surface area contributed by atoms with E-state index in [0.717, 1.165) is 30.6 Å². The Bertz CT molecular complexity index is 729. The smallest absolute Gasteiger partial charge is 0.263 e. The summed E-state index contributed by atoms with van der Waals surface area (Å²) in [5.74, 6) is 0.686. The zero-order valence-electron chi connectivity index (χ0n) is 14.2. The number of aryl methyl sites for hydroxylation is 2. The Labute approximate surface area is 147 Å². The Morgan fingerprint density at radius 3 is 2.71 bits per heavy atom. The van der Waals surface area contributed by atoms with Crippen LogP contribution in [0.15, 0.2) is 30.3 Å². The van der Waals surface area contributed by atoms with Gasteiger partial charge in [0.05, 0.1) is 11.7 Å². The molecule has 1 saturated heterocycles. The highest BCUT2D eigenvalue weighted by molar-refractivity contribution is 6.30. The summed E-state index contributed by atoms with van der Waals surface area (Å²) in [5, 5.41) is 4.98. The molecule has 2 heterocycles. The van der Waals surface area contributed by atoms with Crippen LogP contribution in [-0.2, 0) is 11.8 Å². The molecule has 24 heavy (non-hydrogen) atoms. The Kier molecular flexibility index (Phi) is 4.81. The van der Waals surface area contributed by atoms with Gasteiger partial charge in [-0.05, 0) is 38.8 Å². The summed E-state index contributed by atoms with van der Waals surface area (Å²) in [6, 6.07) is 9.39. The molecule has 0 unspecified atom stereocenters. The van der Waals surface area contributed by atoms with Gasteiger partial charge in [-0.25, -0.2) is 0 Å². The van der Waals surface area contributed by atoms with E-state index in [1.54, 1.807) is 11.6 Å². The van der Waals surface area contributed by atoms with Gasteiger partial charge in [0, 0.05) is 19.2 Å². The van der Waals surface area contributed by atoms with Crippen molar-refractivity contribution in [2.75, 3.05) is 6.54 Å². The topological polar surface area (TPSA) is 47.4 Å². The lowest BCUT2D eigenvalue weighted by molar-refractivity contribution is -0.138. The molecule has 2 atom stereocenters. The third kappa shape index (κ3) is 3.13. The SMILES string of the molecule is Cc1nn(C)c(Cl)c1[C@@H]1CCCN1C(=O)[C@@H](C)Oc1ccccc1. The van der Waals surface area contributed by atoms with Crippen LogP contribution in [0.25, 0.3) is 0 Å². The fourth-order valence-corrected chi connectivity index (χ4v) is 3.64. The van der Waals surface area contributed by atoms with Crippen LogP contribution in [0.3, 0.4) is 0 Å². The number of amides is 1. The van der Waals surface area contributed by atoms with Gasteiger partial charge in [0.2, 0.25) is 0 Å². The molecule has 1 aromatic carbocycles. The second kappa shape index (κ2) is 6.85. The van der Waals surface area contributed by atoms with Crippen molar-refractivity contribution in [2.45, 2.75) is 38.8 Å². The van der Waals surface area contributed by atoms with Crippen LogP contribution in [0.4, 0.5) is 0 Å². The van der Waals surface area contributed by atoms with Crippen molar-refractivity contribution < 1.29 is 9.53 Å². The number of likely N-dealkylation sites (tertiary alicyclic amines) is 1. The van der Waals surface area contributed by atoms with E-state index in [1.807, 2.05) is 49.2 Å². The normalized spacial score (nSPS) is 18.7. The van der Waals surface area contributed by atoms with Crippen LogP contribution < -0.4 is 4.74 Å². The third-order valence-corrected chi connectivity index (χ3v) is 4.92. The van der Waals surface area contributed by atoms with E-state index in [4.69, 9.17) is 16.3 Å². The maximum Gasteiger partial charge on any atom is 0.263 e. The number of nitrogens with zero attached hydrogens (tertiary/aromatic N) is 3. The fourth-order valence-electron chi connectivity index (χ4n) is 3.34. The number of carbonyl (C=O) groups excluding carboxylic acids is 1. The van der Waals surface area contributed by atoms with Crippen LogP contribution in [0, 0.1) is 6.92 Å². The van der Waals surface area contributed by atoms with Crippen LogP contribution in [-0.4, -0.2) is 33.2 Å². The zero-order chi connectivity index (χ0) is 17.3. The molecule has 0 aliphatic carbocycles. The van der Waals surface area contributed by atoms with E-state index in [1.165, 1.54) is 0 Å². The summed E-state index contributed by atoms with van der Waals surface area (Å²) < 4.78 is 7.46. The van der Waals surface area contributed by atoms with Gasteiger partial charge in [-0.2, -0.15) is 5.10 Å². The molecule has 128 valence electrons. The molecule has 2 aromatic rings. The van der Waals surface area contributed by atoms with E-state index in [-0.39, 0.29) is 11.9 Å². The largest absolute Gasteiger partial charge is 0.481 e. The highest BCUT2D eigenvalue weighted by atomic mass is 35.5. The number of carbonyl (C=O) groups is 1. The van der Waals surface area contributed by atoms with Crippen LogP contribution in [0.2, 0.25) is 5.15 Å². The standard InChI is InChI=1S/C18H22ClN3O2/c1-12-16(17(19)21(3)20-12)15-10-7-11-22(15)18(23)13(2)24-14-8-5-4-6-9-14/h4-6,8-9,13,15H,7,10-11H2,1-3H3/t13-,15+/m1/s1. The Morgan fingerprint density at radius 1 is 1.38 bits per heavy atom. The predicted molar refractivity (Wildman–Crippen MR) is 93.2 cm³/mol. The highest BCUT2D eigenvalue weighted by Crippen LogP contribution is 2.38. The average molecular weight is 348 g/mol. The number of para-hydroxylation sites is 1. The monoisotopic (exact) mass is 347 g/mol. The molecule has 5 nitrogen and oxygen atoms in total. The molecule has 1 fully saturated rings. The second-order valence-electron chi connectivity index (χ2n) is 6.18. The Hall–Kier alpha value is -2.01. The van der Waals surface area contributed by atoms with Gasteiger partial charge >= 0.3 is 0 Å². The number of rotatable bonds is 4. The average Bonchev–Trinajstić information content (AvgIpc) is 3.12. The summed E-state index contributed by atoms with van der Waals surface area (Å²) >= 11 is 6.40. The second-order valence-corrected chi connectivity index (χ2v) is 6.53. The molecule has 6 heteroatoms. The molecule has 3 rings (SSSR count). The van der Waals surface area contributed by atoms with Gasteiger partial charge in [-0.15, -0.1) is 0 Å². The van der Waals surface area contributed by atoms with Crippen LogP contribution in [0.5, 0.6) is 5.75 Å². The number of hydrogen-bond donors (Lipinski definition) is 0. The van der Waals surface area contributed by atoms with E-state index in [9.17, 15) is 4.79 Å². The first-order valence-corrected chi connectivity index (χ1v) is 8.58. The molecule has 1 aromatic heterocycles. The van der Waals surface area contributed by atoms with Crippen molar-refractivity contribution in [3.63, 3.8) is 0 Å². The predicted octanol–water partition coefficient (Wildman–Crippen LogP) is 3.51. The summed E-state index contributed by atoms with van der Waals surface area (Å²) in [6.45, 7) is 4.45. The first-order valence-electron chi connectivity index (χ1n) is 8.20. The number of halogens is 1. The number of benzene rings is 1. The molecular weight excluding hydrogens is 326 g/mol. The van der Waals surface area contributed by atoms with Gasteiger partial charge < -0.3 is 9.64 Å². The number of hydrogen-bond acceptors (Lipinski definition) is 3. The first kappa shape index (κ1) is 16.8. The zero-order valence-corrected chi connectivity index (χ0v) is 15.0. The summed E-state index contributed by atoms with van der Waals surface area (Å²) in [5.41, 5.74) is 1.83. The molecule has 0 N–H and O–H groups in total. The summed E-state index contributed by atoms with van der Waals surface area (Å²) in [7, 11) is 1.82. The van der Waals surface area contributed by atoms with Gasteiger partial charge in [0.15, 0.2) is 6.10 Å². The van der Waals surface area contributed by atoms with Crippen molar-refractivity contribution >= 4 is 17.5 Å². The van der Waals surface area contributed by atoms with E-state index in [2.05, 4.69) is 5.10 Å². The van der Waals surface area contributed by atoms with Gasteiger partial charge in [-0.1, -0.05) is 29.8 Å². The van der Waals surface area contributed by atoms with Crippen molar-refractivity contribution in [1.82, 2.24) is 14.7 Å². The van der Waals surface area contributed by atoms with Crippen molar-refractivity contribution in [3.05, 3.63) is 46.7 Å². The third-order valence-electron chi connectivity index (χ3n) is 4.47. The lowest BCUT2D eigenvalue weighted by Gasteiger charge is -2.28. The summed E-state index contributed by atoms with van der Waals surface area (Å²) in [4.78, 5) is 14.8. The van der Waals surface area contributed by atoms with E-state index < -0.39 is 6.10 Å². The molecule has 1 aliphatic heterocycles. The van der Waals surface area contributed by atoms with Gasteiger partial charge in [0.25, 0.3) is 5.91 Å². The Balaban J connectivity index is 1.78. The molecule has 1 amide bonds. The van der Waals surface area contributed by atoms with Crippen molar-refractivity contribution in [2.24, 2.45) is 7.05 Å². The number of ether oxygens (including phenoxy) is 1. The van der Waals surface area contributed by atoms with Crippen molar-refractivity contribution in [1.29, 1.82) is 0 Å². The van der Waals surface area contributed by atoms with Crippen LogP contribution >= 0.6 is 11.6 Å². The fraction of sp³-hybridized carbons (Fsp3) is 0.444. The van der Waals surface area contributed by atoms with E-state index >= 15 is 0 Å². The molecule has 0 bridgehead atoms. The highest BCUT2D eigenvalue weighted by Gasteiger charge is 2.36. The number of aromatic nitrogens is 2. The first-order chi connectivity index (χ1) is 11.5. The lowest BCUT2D eigenvalue weighted by atomic mass is 10.1. The van der Waals surface area contributed by atoms with Gasteiger partial charge in [0.1, 0.15) is 10.9 Å². The molecule has 0 saturated carbocycles. The minimum atomic E-state index is -0.538. The lowest BCUT2D eigenvalue weighted by Crippen LogP contribution is -2.40. The van der Waals surface area contributed by atoms with E-state index in [0.29, 0.717) is 10.9 Å². The molecule has 0 radical (unpaired) electrons. The van der Waals surface area contributed by atoms with Crippen LogP contribution in [0.1, 0.15) is 37.1 Å². The Morgan fingerprint density at radius 2 is 2.08 bits per heavy atom. The maximum absolute atomic E-state index is 12.9. The van der Waals surface area contributed by atoms with Crippen molar-refractivity contribution in [3.8, 4) is 5.75 Å². The van der Waals surface area contributed by atoms with Gasteiger partial charge in [-0.3, -0.25) is 9.48 Å². The maximum atomic E-state index is 12.9. The minimum absolute atomic E-state index is 0.0133. The molecule has 0 spiro atoms. The molecular formula is C18H22ClN3O2. The molecule has 1 aliphatic rings. The quantitative estimate of drug-likeness (QED) is 0.850. The minimum Gasteiger partial charge on any atom is -0.481 e.